The molecule has 0 spiro atoms. The fourth-order valence-corrected chi connectivity index (χ4v) is 2.96. The van der Waals surface area contributed by atoms with E-state index in [0.29, 0.717) is 23.8 Å². The molecule has 0 saturated carbocycles. The van der Waals surface area contributed by atoms with Crippen molar-refractivity contribution in [3.05, 3.63) is 30.1 Å². The van der Waals surface area contributed by atoms with Gasteiger partial charge in [-0.1, -0.05) is 30.3 Å². The molecule has 3 aromatic rings. The van der Waals surface area contributed by atoms with E-state index in [0.717, 1.165) is 15.0 Å². The number of aryl methyl sites for hydroxylation is 1. The van der Waals surface area contributed by atoms with Crippen LogP contribution in [0.1, 0.15) is 12.7 Å². The first-order valence-electron chi connectivity index (χ1n) is 6.10. The van der Waals surface area contributed by atoms with Crippen molar-refractivity contribution in [1.82, 2.24) is 15.6 Å². The number of hydrogen-bond acceptors (Lipinski definition) is 6. The van der Waals surface area contributed by atoms with Crippen LogP contribution in [0.3, 0.4) is 0 Å². The Hall–Kier alpha value is -2.25. The Labute approximate surface area is 118 Å². The minimum absolute atomic E-state index is 0.452. The Morgan fingerprint density at radius 2 is 2.30 bits per heavy atom. The molecule has 0 aliphatic heterocycles. The number of fused-ring (bicyclic) bond motifs is 1. The molecule has 1 aromatic carbocycles. The normalized spacial score (nSPS) is 11.5. The van der Waals surface area contributed by atoms with Gasteiger partial charge in [-0.2, -0.15) is 4.98 Å². The first-order valence-corrected chi connectivity index (χ1v) is 6.91. The monoisotopic (exact) mass is 288 g/mol. The summed E-state index contributed by atoms with van der Waals surface area (Å²) in [6.07, 6.45) is 1.93. The van der Waals surface area contributed by atoms with Crippen LogP contribution >= 0.6 is 11.3 Å². The van der Waals surface area contributed by atoms with E-state index >= 15 is 0 Å². The van der Waals surface area contributed by atoms with Crippen LogP contribution < -0.4 is 5.48 Å². The van der Waals surface area contributed by atoms with Gasteiger partial charge >= 0.3 is 0 Å². The van der Waals surface area contributed by atoms with Crippen LogP contribution in [0.4, 0.5) is 5.69 Å². The van der Waals surface area contributed by atoms with Gasteiger partial charge in [-0.15, -0.1) is 11.3 Å². The van der Waals surface area contributed by atoms with E-state index in [1.54, 1.807) is 0 Å². The molecule has 0 aliphatic carbocycles. The Bertz CT molecular complexity index is 763. The van der Waals surface area contributed by atoms with Crippen LogP contribution in [0.15, 0.2) is 33.8 Å². The highest BCUT2D eigenvalue weighted by molar-refractivity contribution is 7.23. The molecule has 0 atom stereocenters. The maximum Gasteiger partial charge on any atom is 0.270 e. The van der Waals surface area contributed by atoms with Gasteiger partial charge in [0.2, 0.25) is 0 Å². The molecule has 20 heavy (non-hydrogen) atoms. The summed E-state index contributed by atoms with van der Waals surface area (Å²) < 4.78 is 6.36. The SMILES string of the molecule is CCc1noc(-c2sc3ccccc3c2N=CNO)n1. The maximum atomic E-state index is 8.69. The third-order valence-electron chi connectivity index (χ3n) is 2.80. The van der Waals surface area contributed by atoms with Gasteiger partial charge in [-0.05, 0) is 6.07 Å². The summed E-state index contributed by atoms with van der Waals surface area (Å²) in [7, 11) is 0. The molecule has 2 N–H and O–H groups in total. The van der Waals surface area contributed by atoms with Gasteiger partial charge < -0.3 is 4.52 Å². The van der Waals surface area contributed by atoms with Crippen molar-refractivity contribution >= 4 is 33.4 Å². The molecule has 7 heteroatoms. The number of aromatic nitrogens is 2. The van der Waals surface area contributed by atoms with Gasteiger partial charge in [0, 0.05) is 16.5 Å². The molecule has 2 aromatic heterocycles. The smallest absolute Gasteiger partial charge is 0.270 e. The number of nitrogens with zero attached hydrogens (tertiary/aromatic N) is 3. The van der Waals surface area contributed by atoms with E-state index in [1.807, 2.05) is 36.7 Å². The largest absolute Gasteiger partial charge is 0.333 e. The predicted octanol–water partition coefficient (Wildman–Crippen LogP) is 3.15. The van der Waals surface area contributed by atoms with Crippen molar-refractivity contribution in [3.63, 3.8) is 0 Å². The van der Waals surface area contributed by atoms with E-state index in [1.165, 1.54) is 17.7 Å². The molecule has 0 aliphatic rings. The van der Waals surface area contributed by atoms with Crippen molar-refractivity contribution in [2.75, 3.05) is 0 Å². The fraction of sp³-hybridized carbons (Fsp3) is 0.154. The lowest BCUT2D eigenvalue weighted by molar-refractivity contribution is 0.240. The predicted molar refractivity (Wildman–Crippen MR) is 77.6 cm³/mol. The molecule has 102 valence electrons. The van der Waals surface area contributed by atoms with E-state index in [2.05, 4.69) is 15.1 Å². The number of aliphatic imine (C=N–C) groups is 1. The Kier molecular flexibility index (Phi) is 3.44. The standard InChI is InChI=1S/C13H12N4O2S/c1-2-10-16-13(19-17-10)12-11(14-7-15-18)8-5-3-4-6-9(8)20-12/h3-7,18H,2H2,1H3,(H,14,15). The van der Waals surface area contributed by atoms with Crippen molar-refractivity contribution < 1.29 is 9.73 Å². The summed E-state index contributed by atoms with van der Waals surface area (Å²) in [5.74, 6) is 1.11. The van der Waals surface area contributed by atoms with Crippen LogP contribution in [-0.4, -0.2) is 21.7 Å². The second-order valence-corrected chi connectivity index (χ2v) is 5.08. The third-order valence-corrected chi connectivity index (χ3v) is 3.95. The van der Waals surface area contributed by atoms with Gasteiger partial charge in [0.15, 0.2) is 5.82 Å². The van der Waals surface area contributed by atoms with E-state index in [4.69, 9.17) is 9.73 Å². The summed E-state index contributed by atoms with van der Waals surface area (Å²) in [6, 6.07) is 7.88. The number of nitrogens with one attached hydrogen (secondary N) is 1. The third kappa shape index (κ3) is 2.17. The van der Waals surface area contributed by atoms with Crippen LogP contribution in [0.5, 0.6) is 0 Å². The van der Waals surface area contributed by atoms with Gasteiger partial charge in [0.25, 0.3) is 5.89 Å². The van der Waals surface area contributed by atoms with Crippen LogP contribution in [-0.2, 0) is 6.42 Å². The summed E-state index contributed by atoms with van der Waals surface area (Å²) in [6.45, 7) is 1.97. The number of rotatable bonds is 4. The lowest BCUT2D eigenvalue weighted by Crippen LogP contribution is -2.00. The number of hydrogen-bond donors (Lipinski definition) is 2. The zero-order valence-corrected chi connectivity index (χ0v) is 11.5. The minimum atomic E-state index is 0.452. The summed E-state index contributed by atoms with van der Waals surface area (Å²) in [5, 5.41) is 13.6. The second kappa shape index (κ2) is 5.40. The van der Waals surface area contributed by atoms with Gasteiger partial charge in [-0.3, -0.25) is 10.7 Å². The zero-order valence-electron chi connectivity index (χ0n) is 10.7. The summed E-state index contributed by atoms with van der Waals surface area (Å²) in [5.41, 5.74) is 2.62. The molecule has 0 amide bonds. The number of hydroxylamine groups is 1. The van der Waals surface area contributed by atoms with Gasteiger partial charge in [0.05, 0.1) is 5.69 Å². The average Bonchev–Trinajstić information content (AvgIpc) is 3.09. The van der Waals surface area contributed by atoms with Crippen molar-refractivity contribution in [3.8, 4) is 10.8 Å². The molecule has 0 fully saturated rings. The molecule has 0 radical (unpaired) electrons. The van der Waals surface area contributed by atoms with Gasteiger partial charge in [0.1, 0.15) is 11.2 Å². The average molecular weight is 288 g/mol. The van der Waals surface area contributed by atoms with E-state index in [9.17, 15) is 0 Å². The minimum Gasteiger partial charge on any atom is -0.333 e. The van der Waals surface area contributed by atoms with Gasteiger partial charge in [-0.25, -0.2) is 4.99 Å². The molecule has 0 unspecified atom stereocenters. The lowest BCUT2D eigenvalue weighted by Gasteiger charge is -1.94. The first-order chi connectivity index (χ1) is 9.83. The Balaban J connectivity index is 2.20. The molecule has 2 heterocycles. The van der Waals surface area contributed by atoms with Crippen molar-refractivity contribution in [2.24, 2.45) is 4.99 Å². The van der Waals surface area contributed by atoms with E-state index < -0.39 is 0 Å². The molecule has 3 rings (SSSR count). The highest BCUT2D eigenvalue weighted by atomic mass is 32.1. The highest BCUT2D eigenvalue weighted by Crippen LogP contribution is 2.43. The van der Waals surface area contributed by atoms with Crippen molar-refractivity contribution in [2.45, 2.75) is 13.3 Å². The fourth-order valence-electron chi connectivity index (χ4n) is 1.89. The summed E-state index contributed by atoms with van der Waals surface area (Å²) >= 11 is 1.53. The Morgan fingerprint density at radius 1 is 1.45 bits per heavy atom. The van der Waals surface area contributed by atoms with E-state index in [-0.39, 0.29) is 0 Å². The number of thiophene rings is 1. The lowest BCUT2D eigenvalue weighted by atomic mass is 10.2. The van der Waals surface area contributed by atoms with Crippen LogP contribution in [0.2, 0.25) is 0 Å². The van der Waals surface area contributed by atoms with Crippen LogP contribution in [0, 0.1) is 0 Å². The van der Waals surface area contributed by atoms with Crippen LogP contribution in [0.25, 0.3) is 20.9 Å². The molecule has 6 nitrogen and oxygen atoms in total. The number of benzene rings is 1. The Morgan fingerprint density at radius 3 is 3.05 bits per heavy atom. The maximum absolute atomic E-state index is 8.69. The first kappa shape index (κ1) is 12.8. The van der Waals surface area contributed by atoms with Crippen molar-refractivity contribution in [1.29, 1.82) is 0 Å². The summed E-state index contributed by atoms with van der Waals surface area (Å²) in [4.78, 5) is 9.36. The topological polar surface area (TPSA) is 83.5 Å². The second-order valence-electron chi connectivity index (χ2n) is 4.03. The molecule has 0 saturated heterocycles. The molecular weight excluding hydrogens is 276 g/mol. The quantitative estimate of drug-likeness (QED) is 0.437. The molecule has 0 bridgehead atoms. The zero-order chi connectivity index (χ0) is 13.9. The highest BCUT2D eigenvalue weighted by Gasteiger charge is 2.18. The molecular formula is C13H12N4O2S.